The largest absolute Gasteiger partial charge is 0.349 e. The predicted octanol–water partition coefficient (Wildman–Crippen LogP) is 3.06. The molecule has 2 nitrogen and oxygen atoms in total. The molecule has 78 valence electrons. The molecule has 0 bridgehead atoms. The molecule has 0 aliphatic heterocycles. The quantitative estimate of drug-likeness (QED) is 0.797. The fourth-order valence-corrected chi connectivity index (χ4v) is 2.02. The summed E-state index contributed by atoms with van der Waals surface area (Å²) in [5.41, 5.74) is 0. The highest BCUT2D eigenvalue weighted by Gasteiger charge is 2.11. The van der Waals surface area contributed by atoms with Gasteiger partial charge in [0.05, 0.1) is 4.88 Å². The van der Waals surface area contributed by atoms with Gasteiger partial charge in [0.25, 0.3) is 5.91 Å². The van der Waals surface area contributed by atoms with Crippen molar-refractivity contribution in [3.63, 3.8) is 0 Å². The smallest absolute Gasteiger partial charge is 0.261 e. The Labute approximate surface area is 89.3 Å². The lowest BCUT2D eigenvalue weighted by Crippen LogP contribution is -2.33. The average Bonchev–Trinajstić information content (AvgIpc) is 2.69. The fraction of sp³-hybridized carbons (Fsp3) is 0.545. The third-order valence-corrected chi connectivity index (χ3v) is 3.08. The van der Waals surface area contributed by atoms with E-state index in [0.717, 1.165) is 24.1 Å². The van der Waals surface area contributed by atoms with Crippen molar-refractivity contribution in [1.29, 1.82) is 0 Å². The molecule has 0 radical (unpaired) electrons. The van der Waals surface area contributed by atoms with Gasteiger partial charge in [0.2, 0.25) is 0 Å². The van der Waals surface area contributed by atoms with Gasteiger partial charge in [0.15, 0.2) is 0 Å². The van der Waals surface area contributed by atoms with Crippen molar-refractivity contribution >= 4 is 17.2 Å². The second-order valence-corrected chi connectivity index (χ2v) is 4.29. The first-order chi connectivity index (χ1) is 6.77. The lowest BCUT2D eigenvalue weighted by molar-refractivity contribution is 0.0938. The highest BCUT2D eigenvalue weighted by molar-refractivity contribution is 7.12. The van der Waals surface area contributed by atoms with Gasteiger partial charge >= 0.3 is 0 Å². The van der Waals surface area contributed by atoms with Gasteiger partial charge < -0.3 is 5.32 Å². The molecule has 1 N–H and O–H groups in total. The van der Waals surface area contributed by atoms with Crippen molar-refractivity contribution in [2.24, 2.45) is 0 Å². The molecule has 0 aliphatic carbocycles. The number of thiophene rings is 1. The Morgan fingerprint density at radius 1 is 1.57 bits per heavy atom. The van der Waals surface area contributed by atoms with E-state index in [9.17, 15) is 4.79 Å². The van der Waals surface area contributed by atoms with E-state index in [1.54, 1.807) is 0 Å². The monoisotopic (exact) mass is 211 g/mol. The Kier molecular flexibility index (Phi) is 4.66. The first-order valence-electron chi connectivity index (χ1n) is 5.12. The highest BCUT2D eigenvalue weighted by Crippen LogP contribution is 2.09. The summed E-state index contributed by atoms with van der Waals surface area (Å²) in [5, 5.41) is 4.97. The van der Waals surface area contributed by atoms with Crippen LogP contribution in [0, 0.1) is 0 Å². The van der Waals surface area contributed by atoms with Crippen LogP contribution in [-0.4, -0.2) is 11.9 Å². The van der Waals surface area contributed by atoms with Crippen molar-refractivity contribution in [2.75, 3.05) is 0 Å². The average molecular weight is 211 g/mol. The van der Waals surface area contributed by atoms with E-state index < -0.39 is 0 Å². The Morgan fingerprint density at radius 2 is 2.36 bits per heavy atom. The van der Waals surface area contributed by atoms with Crippen LogP contribution < -0.4 is 5.32 Å². The van der Waals surface area contributed by atoms with Crippen LogP contribution in [0.1, 0.15) is 42.8 Å². The molecular formula is C11H17NOS. The van der Waals surface area contributed by atoms with Crippen molar-refractivity contribution in [2.45, 2.75) is 39.2 Å². The van der Waals surface area contributed by atoms with Crippen LogP contribution in [0.5, 0.6) is 0 Å². The maximum atomic E-state index is 11.6. The summed E-state index contributed by atoms with van der Waals surface area (Å²) < 4.78 is 0. The molecule has 1 unspecified atom stereocenters. The summed E-state index contributed by atoms with van der Waals surface area (Å²) in [6, 6.07) is 4.09. The summed E-state index contributed by atoms with van der Waals surface area (Å²) in [4.78, 5) is 12.5. The lowest BCUT2D eigenvalue weighted by Gasteiger charge is -2.15. The van der Waals surface area contributed by atoms with Crippen LogP contribution >= 0.6 is 11.3 Å². The normalized spacial score (nSPS) is 12.4. The summed E-state index contributed by atoms with van der Waals surface area (Å²) in [7, 11) is 0. The van der Waals surface area contributed by atoms with Crippen molar-refractivity contribution in [3.05, 3.63) is 22.4 Å². The first kappa shape index (κ1) is 11.2. The van der Waals surface area contributed by atoms with E-state index in [1.807, 2.05) is 17.5 Å². The standard InChI is InChI=1S/C11H17NOS/c1-3-6-9(4-2)12-11(13)10-7-5-8-14-10/h5,7-9H,3-4,6H2,1-2H3,(H,12,13). The minimum absolute atomic E-state index is 0.0697. The Bertz CT molecular complexity index is 269. The number of amides is 1. The topological polar surface area (TPSA) is 29.1 Å². The fourth-order valence-electron chi connectivity index (χ4n) is 1.39. The summed E-state index contributed by atoms with van der Waals surface area (Å²) in [6.07, 6.45) is 3.18. The van der Waals surface area contributed by atoms with Crippen molar-refractivity contribution in [3.8, 4) is 0 Å². The zero-order valence-corrected chi connectivity index (χ0v) is 9.56. The second kappa shape index (κ2) is 5.81. The molecule has 1 heterocycles. The molecule has 3 heteroatoms. The maximum Gasteiger partial charge on any atom is 0.261 e. The van der Waals surface area contributed by atoms with Crippen LogP contribution in [0.3, 0.4) is 0 Å². The molecule has 1 aromatic heterocycles. The van der Waals surface area contributed by atoms with E-state index in [2.05, 4.69) is 19.2 Å². The maximum absolute atomic E-state index is 11.6. The van der Waals surface area contributed by atoms with Crippen LogP contribution in [0.15, 0.2) is 17.5 Å². The van der Waals surface area contributed by atoms with E-state index >= 15 is 0 Å². The van der Waals surface area contributed by atoms with Crippen LogP contribution in [0.2, 0.25) is 0 Å². The van der Waals surface area contributed by atoms with Crippen LogP contribution in [0.4, 0.5) is 0 Å². The van der Waals surface area contributed by atoms with E-state index in [1.165, 1.54) is 11.3 Å². The molecule has 0 saturated heterocycles. The zero-order chi connectivity index (χ0) is 10.4. The van der Waals surface area contributed by atoms with Crippen LogP contribution in [-0.2, 0) is 0 Å². The summed E-state index contributed by atoms with van der Waals surface area (Å²) in [5.74, 6) is 0.0697. The molecule has 0 aromatic carbocycles. The van der Waals surface area contributed by atoms with Crippen molar-refractivity contribution in [1.82, 2.24) is 5.32 Å². The van der Waals surface area contributed by atoms with Gasteiger partial charge in [-0.25, -0.2) is 0 Å². The molecule has 14 heavy (non-hydrogen) atoms. The van der Waals surface area contributed by atoms with Gasteiger partial charge in [-0.15, -0.1) is 11.3 Å². The third kappa shape index (κ3) is 3.14. The number of carbonyl (C=O) groups excluding carboxylic acids is 1. The lowest BCUT2D eigenvalue weighted by atomic mass is 10.1. The van der Waals surface area contributed by atoms with E-state index in [0.29, 0.717) is 6.04 Å². The van der Waals surface area contributed by atoms with Gasteiger partial charge in [-0.1, -0.05) is 26.3 Å². The molecule has 1 aromatic rings. The third-order valence-electron chi connectivity index (χ3n) is 2.21. The number of hydrogen-bond acceptors (Lipinski definition) is 2. The molecule has 1 atom stereocenters. The van der Waals surface area contributed by atoms with Gasteiger partial charge in [-0.05, 0) is 24.3 Å². The summed E-state index contributed by atoms with van der Waals surface area (Å²) in [6.45, 7) is 4.25. The molecular weight excluding hydrogens is 194 g/mol. The second-order valence-electron chi connectivity index (χ2n) is 3.34. The first-order valence-corrected chi connectivity index (χ1v) is 6.00. The van der Waals surface area contributed by atoms with Gasteiger partial charge in [-0.3, -0.25) is 4.79 Å². The van der Waals surface area contributed by atoms with Crippen molar-refractivity contribution < 1.29 is 4.79 Å². The van der Waals surface area contributed by atoms with Gasteiger partial charge in [-0.2, -0.15) is 0 Å². The Hall–Kier alpha value is -0.830. The SMILES string of the molecule is CCCC(CC)NC(=O)c1cccs1. The molecule has 0 aliphatic rings. The number of nitrogens with one attached hydrogen (secondary N) is 1. The minimum atomic E-state index is 0.0697. The highest BCUT2D eigenvalue weighted by atomic mass is 32.1. The van der Waals surface area contributed by atoms with Gasteiger partial charge in [0.1, 0.15) is 0 Å². The molecule has 0 fully saturated rings. The Morgan fingerprint density at radius 3 is 2.86 bits per heavy atom. The van der Waals surface area contributed by atoms with Crippen LogP contribution in [0.25, 0.3) is 0 Å². The van der Waals surface area contributed by atoms with E-state index in [-0.39, 0.29) is 5.91 Å². The van der Waals surface area contributed by atoms with E-state index in [4.69, 9.17) is 0 Å². The molecule has 1 rings (SSSR count). The minimum Gasteiger partial charge on any atom is -0.349 e. The summed E-state index contributed by atoms with van der Waals surface area (Å²) >= 11 is 1.49. The Balaban J connectivity index is 2.47. The molecule has 0 saturated carbocycles. The number of rotatable bonds is 5. The zero-order valence-electron chi connectivity index (χ0n) is 8.75. The molecule has 1 amide bonds. The number of carbonyl (C=O) groups is 1. The number of hydrogen-bond donors (Lipinski definition) is 1. The predicted molar refractivity (Wildman–Crippen MR) is 60.8 cm³/mol. The molecule has 0 spiro atoms. The van der Waals surface area contributed by atoms with Gasteiger partial charge in [0, 0.05) is 6.04 Å².